The molecule has 0 aliphatic carbocycles. The lowest BCUT2D eigenvalue weighted by molar-refractivity contribution is -0.165. The summed E-state index contributed by atoms with van der Waals surface area (Å²) in [6, 6.07) is 9.29. The summed E-state index contributed by atoms with van der Waals surface area (Å²) < 4.78 is 23.6. The van der Waals surface area contributed by atoms with Crippen LogP contribution in [0.3, 0.4) is 0 Å². The fourth-order valence-corrected chi connectivity index (χ4v) is 3.90. The lowest BCUT2D eigenvalue weighted by Gasteiger charge is -2.34. The molecule has 0 spiro atoms. The Hall–Kier alpha value is -1.96. The molecule has 2 aliphatic heterocycles. The third-order valence-electron chi connectivity index (χ3n) is 5.24. The first kappa shape index (κ1) is 22.7. The Kier molecular flexibility index (Phi) is 6.55. The number of imide groups is 1. The lowest BCUT2D eigenvalue weighted by Crippen LogP contribution is -2.52. The van der Waals surface area contributed by atoms with Crippen LogP contribution in [0.4, 0.5) is 4.79 Å². The number of carbonyl (C=O) groups excluding carboxylic acids is 2. The van der Waals surface area contributed by atoms with Crippen LogP contribution in [0.2, 0.25) is 0 Å². The number of benzene rings is 1. The molecule has 166 valence electrons. The van der Waals surface area contributed by atoms with E-state index in [1.165, 1.54) is 4.90 Å². The summed E-state index contributed by atoms with van der Waals surface area (Å²) in [4.78, 5) is 27.0. The summed E-state index contributed by atoms with van der Waals surface area (Å²) >= 11 is 0. The predicted molar refractivity (Wildman–Crippen MR) is 111 cm³/mol. The highest BCUT2D eigenvalue weighted by atomic mass is 16.7. The minimum Gasteiger partial charge on any atom is -0.443 e. The zero-order valence-electron chi connectivity index (χ0n) is 18.7. The molecule has 3 rings (SSSR count). The van der Waals surface area contributed by atoms with Crippen molar-refractivity contribution in [2.75, 3.05) is 6.61 Å². The maximum atomic E-state index is 12.9. The van der Waals surface area contributed by atoms with E-state index in [0.29, 0.717) is 19.6 Å². The van der Waals surface area contributed by atoms with Gasteiger partial charge in [0.2, 0.25) is 5.91 Å². The Morgan fingerprint density at radius 1 is 1.27 bits per heavy atom. The Bertz CT molecular complexity index is 757. The van der Waals surface area contributed by atoms with Gasteiger partial charge < -0.3 is 18.9 Å². The summed E-state index contributed by atoms with van der Waals surface area (Å²) in [6.45, 7) is 11.5. The van der Waals surface area contributed by atoms with E-state index in [1.807, 2.05) is 51.1 Å². The molecule has 0 unspecified atom stereocenters. The summed E-state index contributed by atoms with van der Waals surface area (Å²) in [7, 11) is 0. The van der Waals surface area contributed by atoms with Crippen LogP contribution in [0.1, 0.15) is 53.5 Å². The minimum atomic E-state index is -0.746. The fourth-order valence-electron chi connectivity index (χ4n) is 3.90. The van der Waals surface area contributed by atoms with E-state index >= 15 is 0 Å². The molecule has 1 aromatic carbocycles. The van der Waals surface area contributed by atoms with Gasteiger partial charge in [-0.3, -0.25) is 4.79 Å². The van der Waals surface area contributed by atoms with Crippen molar-refractivity contribution >= 4 is 12.0 Å². The molecule has 0 bridgehead atoms. The van der Waals surface area contributed by atoms with Gasteiger partial charge in [-0.1, -0.05) is 37.3 Å². The molecule has 7 nitrogen and oxygen atoms in total. The summed E-state index contributed by atoms with van der Waals surface area (Å²) in [5, 5.41) is 0. The van der Waals surface area contributed by atoms with Crippen LogP contribution in [0.15, 0.2) is 30.3 Å². The Morgan fingerprint density at radius 2 is 1.93 bits per heavy atom. The van der Waals surface area contributed by atoms with E-state index in [-0.39, 0.29) is 11.8 Å². The number of amides is 2. The first-order chi connectivity index (χ1) is 14.0. The molecule has 30 heavy (non-hydrogen) atoms. The van der Waals surface area contributed by atoms with Crippen molar-refractivity contribution in [3.05, 3.63) is 35.9 Å². The third-order valence-corrected chi connectivity index (χ3v) is 5.24. The van der Waals surface area contributed by atoms with E-state index in [4.69, 9.17) is 18.9 Å². The number of hydrogen-bond acceptors (Lipinski definition) is 6. The number of rotatable bonds is 5. The largest absolute Gasteiger partial charge is 0.443 e. The summed E-state index contributed by atoms with van der Waals surface area (Å²) in [5.74, 6) is -1.30. The lowest BCUT2D eigenvalue weighted by atomic mass is 9.99. The highest BCUT2D eigenvalue weighted by Gasteiger charge is 2.51. The zero-order valence-corrected chi connectivity index (χ0v) is 18.7. The van der Waals surface area contributed by atoms with Crippen LogP contribution in [0.5, 0.6) is 0 Å². The third kappa shape index (κ3) is 5.39. The molecule has 1 aromatic rings. The van der Waals surface area contributed by atoms with Crippen LogP contribution in [-0.2, 0) is 30.3 Å². The number of nitrogens with zero attached hydrogens (tertiary/aromatic N) is 1. The first-order valence-electron chi connectivity index (χ1n) is 10.5. The Morgan fingerprint density at radius 3 is 2.50 bits per heavy atom. The monoisotopic (exact) mass is 419 g/mol. The van der Waals surface area contributed by atoms with Crippen LogP contribution < -0.4 is 0 Å². The standard InChI is InChI=1S/C23H33NO6/c1-15-12-17(24(20(15)25)21(26)30-22(2,3)4)19(18-14-28-23(5,6)29-18)27-13-16-10-8-7-9-11-16/h7-11,15,17-19H,12-14H2,1-6H3/t15-,17+,18+,19-/m0/s1. The minimum absolute atomic E-state index is 0.249. The zero-order chi connectivity index (χ0) is 22.1. The van der Waals surface area contributed by atoms with Gasteiger partial charge in [-0.05, 0) is 46.6 Å². The molecule has 2 aliphatic rings. The fraction of sp³-hybridized carbons (Fsp3) is 0.652. The van der Waals surface area contributed by atoms with Crippen molar-refractivity contribution in [1.29, 1.82) is 0 Å². The Balaban J connectivity index is 1.85. The molecule has 2 saturated heterocycles. The van der Waals surface area contributed by atoms with Crippen molar-refractivity contribution in [2.45, 2.75) is 84.2 Å². The van der Waals surface area contributed by atoms with Gasteiger partial charge in [0.05, 0.1) is 19.3 Å². The van der Waals surface area contributed by atoms with E-state index in [1.54, 1.807) is 20.8 Å². The average Bonchev–Trinajstić information content (AvgIpc) is 3.14. The molecule has 4 atom stereocenters. The molecular weight excluding hydrogens is 386 g/mol. The van der Waals surface area contributed by atoms with Crippen molar-refractivity contribution < 1.29 is 28.5 Å². The van der Waals surface area contributed by atoms with Crippen LogP contribution in [0, 0.1) is 5.92 Å². The van der Waals surface area contributed by atoms with Crippen LogP contribution in [-0.4, -0.2) is 53.1 Å². The molecule has 0 aromatic heterocycles. The van der Waals surface area contributed by atoms with E-state index in [0.717, 1.165) is 5.56 Å². The van der Waals surface area contributed by atoms with Crippen molar-refractivity contribution in [3.8, 4) is 0 Å². The van der Waals surface area contributed by atoms with E-state index < -0.39 is 35.7 Å². The molecular formula is C23H33NO6. The van der Waals surface area contributed by atoms with Gasteiger partial charge in [0.1, 0.15) is 17.8 Å². The van der Waals surface area contributed by atoms with Gasteiger partial charge in [0, 0.05) is 5.92 Å². The van der Waals surface area contributed by atoms with Crippen molar-refractivity contribution in [1.82, 2.24) is 4.90 Å². The van der Waals surface area contributed by atoms with Crippen molar-refractivity contribution in [2.24, 2.45) is 5.92 Å². The number of carbonyl (C=O) groups is 2. The van der Waals surface area contributed by atoms with Gasteiger partial charge in [0.15, 0.2) is 5.79 Å². The number of ether oxygens (including phenoxy) is 4. The predicted octanol–water partition coefficient (Wildman–Crippen LogP) is 3.90. The second-order valence-electron chi connectivity index (χ2n) is 9.52. The van der Waals surface area contributed by atoms with Crippen LogP contribution >= 0.6 is 0 Å². The summed E-state index contributed by atoms with van der Waals surface area (Å²) in [6.07, 6.45) is -1.10. The molecule has 0 radical (unpaired) electrons. The second kappa shape index (κ2) is 8.65. The Labute approximate surface area is 178 Å². The maximum absolute atomic E-state index is 12.9. The molecule has 0 N–H and O–H groups in total. The highest BCUT2D eigenvalue weighted by molar-refractivity contribution is 5.95. The summed E-state index contributed by atoms with van der Waals surface area (Å²) in [5.41, 5.74) is 0.296. The smallest absolute Gasteiger partial charge is 0.417 e. The molecule has 2 fully saturated rings. The first-order valence-corrected chi connectivity index (χ1v) is 10.5. The maximum Gasteiger partial charge on any atom is 0.417 e. The van der Waals surface area contributed by atoms with Gasteiger partial charge >= 0.3 is 6.09 Å². The molecule has 2 heterocycles. The van der Waals surface area contributed by atoms with E-state index in [9.17, 15) is 9.59 Å². The number of hydrogen-bond donors (Lipinski definition) is 0. The van der Waals surface area contributed by atoms with Gasteiger partial charge in [0.25, 0.3) is 0 Å². The topological polar surface area (TPSA) is 74.3 Å². The normalized spacial score (nSPS) is 27.3. The highest BCUT2D eigenvalue weighted by Crippen LogP contribution is 2.35. The van der Waals surface area contributed by atoms with E-state index in [2.05, 4.69) is 0 Å². The number of likely N-dealkylation sites (tertiary alicyclic amines) is 1. The van der Waals surface area contributed by atoms with Gasteiger partial charge in [-0.25, -0.2) is 9.69 Å². The second-order valence-corrected chi connectivity index (χ2v) is 9.52. The average molecular weight is 420 g/mol. The van der Waals surface area contributed by atoms with Crippen molar-refractivity contribution in [3.63, 3.8) is 0 Å². The quantitative estimate of drug-likeness (QED) is 0.721. The van der Waals surface area contributed by atoms with Gasteiger partial charge in [-0.15, -0.1) is 0 Å². The molecule has 0 saturated carbocycles. The van der Waals surface area contributed by atoms with Gasteiger partial charge in [-0.2, -0.15) is 0 Å². The van der Waals surface area contributed by atoms with Crippen LogP contribution in [0.25, 0.3) is 0 Å². The molecule has 2 amide bonds. The molecule has 7 heteroatoms. The SMILES string of the molecule is C[C@H]1C[C@H]([C@H](OCc2ccccc2)[C@H]2COC(C)(C)O2)N(C(=O)OC(C)(C)C)C1=O.